The molecule has 0 N–H and O–H groups in total. The zero-order chi connectivity index (χ0) is 27.3. The van der Waals surface area contributed by atoms with Crippen molar-refractivity contribution in [1.29, 1.82) is 0 Å². The van der Waals surface area contributed by atoms with E-state index in [0.29, 0.717) is 26.9 Å². The summed E-state index contributed by atoms with van der Waals surface area (Å²) in [6, 6.07) is 18.2. The first-order chi connectivity index (χ1) is 18.9. The lowest BCUT2D eigenvalue weighted by Crippen LogP contribution is -2.38. The van der Waals surface area contributed by atoms with Gasteiger partial charge in [0.15, 0.2) is 10.6 Å². The normalized spacial score (nSPS) is 16.1. The predicted octanol–water partition coefficient (Wildman–Crippen LogP) is 4.14. The molecule has 11 heteroatoms. The van der Waals surface area contributed by atoms with Gasteiger partial charge in [-0.2, -0.15) is 0 Å². The van der Waals surface area contributed by atoms with Gasteiger partial charge in [0.2, 0.25) is 0 Å². The van der Waals surface area contributed by atoms with E-state index < -0.39 is 15.9 Å². The molecule has 1 aromatic heterocycles. The molecule has 0 fully saturated rings. The van der Waals surface area contributed by atoms with Gasteiger partial charge in [-0.25, -0.2) is 4.99 Å². The Hall–Kier alpha value is -4.90. The van der Waals surface area contributed by atoms with Crippen molar-refractivity contribution < 1.29 is 14.6 Å². The highest BCUT2D eigenvalue weighted by atomic mass is 32.1. The Kier molecular flexibility index (Phi) is 5.92. The molecule has 2 heterocycles. The number of aromatic nitrogens is 1. The van der Waals surface area contributed by atoms with Crippen LogP contribution in [0.25, 0.3) is 11.8 Å². The summed E-state index contributed by atoms with van der Waals surface area (Å²) in [4.78, 5) is 41.3. The van der Waals surface area contributed by atoms with E-state index in [4.69, 9.17) is 9.73 Å². The summed E-state index contributed by atoms with van der Waals surface area (Å²) in [5.74, 6) is 0.121. The first-order valence-electron chi connectivity index (χ1n) is 12.1. The van der Waals surface area contributed by atoms with Gasteiger partial charge in [0.05, 0.1) is 33.2 Å². The van der Waals surface area contributed by atoms with E-state index in [0.717, 1.165) is 28.8 Å². The fourth-order valence-electron chi connectivity index (χ4n) is 5.22. The van der Waals surface area contributed by atoms with Gasteiger partial charge in [0.25, 0.3) is 11.2 Å². The summed E-state index contributed by atoms with van der Waals surface area (Å²) < 4.78 is 7.01. The molecule has 2 aliphatic rings. The molecule has 1 aliphatic heterocycles. The van der Waals surface area contributed by atoms with Crippen LogP contribution in [0.3, 0.4) is 0 Å². The summed E-state index contributed by atoms with van der Waals surface area (Å²) in [6.45, 7) is 0. The van der Waals surface area contributed by atoms with Crippen molar-refractivity contribution in [2.45, 2.75) is 18.9 Å². The molecular formula is C28H20N4O6S. The number of nitro groups is 2. The summed E-state index contributed by atoms with van der Waals surface area (Å²) in [6.07, 6.45) is 3.01. The van der Waals surface area contributed by atoms with Gasteiger partial charge in [0.1, 0.15) is 0 Å². The number of rotatable bonds is 5. The fourth-order valence-corrected chi connectivity index (χ4v) is 6.22. The molecule has 194 valence electrons. The number of hydrogen-bond donors (Lipinski definition) is 0. The highest BCUT2D eigenvalue weighted by Gasteiger charge is 2.33. The number of fused-ring (bicyclic) bond motifs is 3. The number of allylic oxidation sites excluding steroid dienone is 1. The molecule has 3 aromatic carbocycles. The highest BCUT2D eigenvalue weighted by Crippen LogP contribution is 2.41. The van der Waals surface area contributed by atoms with Crippen LogP contribution in [0.2, 0.25) is 0 Å². The van der Waals surface area contributed by atoms with E-state index in [-0.39, 0.29) is 22.7 Å². The lowest BCUT2D eigenvalue weighted by molar-refractivity contribution is -0.385. The minimum atomic E-state index is -0.572. The van der Waals surface area contributed by atoms with Crippen molar-refractivity contribution in [2.24, 2.45) is 4.99 Å². The number of aryl methyl sites for hydroxylation is 1. The number of ether oxygens (including phenoxy) is 1. The Labute approximate surface area is 224 Å². The molecule has 39 heavy (non-hydrogen) atoms. The average Bonchev–Trinajstić information content (AvgIpc) is 3.25. The Morgan fingerprint density at radius 3 is 2.62 bits per heavy atom. The number of nitrogens with zero attached hydrogens (tertiary/aromatic N) is 4. The van der Waals surface area contributed by atoms with Gasteiger partial charge in [-0.05, 0) is 47.2 Å². The monoisotopic (exact) mass is 540 g/mol. The molecular weight excluding hydrogens is 520 g/mol. The van der Waals surface area contributed by atoms with Crippen molar-refractivity contribution in [3.05, 3.63) is 134 Å². The molecule has 0 amide bonds. The quantitative estimate of drug-likeness (QED) is 0.276. The van der Waals surface area contributed by atoms with Crippen LogP contribution in [0.15, 0.2) is 82.1 Å². The van der Waals surface area contributed by atoms with Gasteiger partial charge < -0.3 is 4.74 Å². The first kappa shape index (κ1) is 24.4. The smallest absolute Gasteiger partial charge is 0.311 e. The Morgan fingerprint density at radius 1 is 1.03 bits per heavy atom. The number of non-ortho nitro benzene ring substituents is 1. The molecule has 0 bridgehead atoms. The number of benzene rings is 3. The molecule has 10 nitrogen and oxygen atoms in total. The third-order valence-corrected chi connectivity index (χ3v) is 7.95. The molecule has 0 radical (unpaired) electrons. The van der Waals surface area contributed by atoms with E-state index in [1.165, 1.54) is 42.7 Å². The topological polar surface area (TPSA) is 130 Å². The Bertz CT molecular complexity index is 1910. The maximum atomic E-state index is 13.8. The van der Waals surface area contributed by atoms with Crippen LogP contribution in [-0.2, 0) is 6.42 Å². The average molecular weight is 541 g/mol. The van der Waals surface area contributed by atoms with Gasteiger partial charge in [-0.1, -0.05) is 53.8 Å². The summed E-state index contributed by atoms with van der Waals surface area (Å²) in [7, 11) is 1.36. The van der Waals surface area contributed by atoms with Crippen LogP contribution in [0.5, 0.6) is 5.75 Å². The van der Waals surface area contributed by atoms with E-state index in [2.05, 4.69) is 6.07 Å². The van der Waals surface area contributed by atoms with Crippen LogP contribution in [0.4, 0.5) is 11.4 Å². The Morgan fingerprint density at radius 2 is 1.85 bits per heavy atom. The van der Waals surface area contributed by atoms with E-state index in [9.17, 15) is 25.0 Å². The minimum absolute atomic E-state index is 0.0597. The molecule has 1 atom stereocenters. The molecule has 4 aromatic rings. The van der Waals surface area contributed by atoms with Gasteiger partial charge in [-0.3, -0.25) is 29.6 Å². The lowest BCUT2D eigenvalue weighted by Gasteiger charge is -2.30. The fraction of sp³-hybridized carbons (Fsp3) is 0.143. The second kappa shape index (κ2) is 9.44. The van der Waals surface area contributed by atoms with Gasteiger partial charge in [0, 0.05) is 23.8 Å². The van der Waals surface area contributed by atoms with E-state index >= 15 is 0 Å². The molecule has 0 saturated carbocycles. The van der Waals surface area contributed by atoms with Gasteiger partial charge in [-0.15, -0.1) is 0 Å². The maximum absolute atomic E-state index is 13.8. The van der Waals surface area contributed by atoms with Crippen molar-refractivity contribution in [3.63, 3.8) is 0 Å². The van der Waals surface area contributed by atoms with Crippen molar-refractivity contribution >= 4 is 34.5 Å². The second-order valence-corrected chi connectivity index (χ2v) is 10.2. The van der Waals surface area contributed by atoms with Crippen molar-refractivity contribution in [3.8, 4) is 5.75 Å². The largest absolute Gasteiger partial charge is 0.490 e. The zero-order valence-corrected chi connectivity index (χ0v) is 21.4. The van der Waals surface area contributed by atoms with Crippen LogP contribution >= 0.6 is 11.3 Å². The van der Waals surface area contributed by atoms with Crippen molar-refractivity contribution in [1.82, 2.24) is 4.57 Å². The van der Waals surface area contributed by atoms with Crippen LogP contribution < -0.4 is 19.6 Å². The van der Waals surface area contributed by atoms with Crippen LogP contribution in [-0.4, -0.2) is 21.5 Å². The molecule has 0 spiro atoms. The lowest BCUT2D eigenvalue weighted by atomic mass is 9.83. The van der Waals surface area contributed by atoms with E-state index in [1.54, 1.807) is 28.8 Å². The third kappa shape index (κ3) is 4.12. The molecule has 0 saturated heterocycles. The van der Waals surface area contributed by atoms with Gasteiger partial charge >= 0.3 is 5.69 Å². The predicted molar refractivity (Wildman–Crippen MR) is 145 cm³/mol. The first-order valence-corrected chi connectivity index (χ1v) is 12.9. The second-order valence-electron chi connectivity index (χ2n) is 9.15. The SMILES string of the molecule is COc1ccc(/C=c2/sc3n(c2=O)[C@H](c2cccc([N+](=O)[O-])c2)C2=C(N=3)c3ccccc3CC2)cc1[N+](=O)[O-]. The molecule has 1 aliphatic carbocycles. The molecule has 6 rings (SSSR count). The zero-order valence-electron chi connectivity index (χ0n) is 20.6. The number of hydrogen-bond acceptors (Lipinski definition) is 8. The maximum Gasteiger partial charge on any atom is 0.311 e. The number of thiazole rings is 1. The van der Waals surface area contributed by atoms with E-state index in [1.807, 2.05) is 18.2 Å². The summed E-state index contributed by atoms with van der Waals surface area (Å²) in [5.41, 5.74) is 4.34. The van der Waals surface area contributed by atoms with Crippen molar-refractivity contribution in [2.75, 3.05) is 7.11 Å². The summed E-state index contributed by atoms with van der Waals surface area (Å²) in [5, 5.41) is 23.1. The standard InChI is InChI=1S/C28H20N4O6S/c1-38-23-12-9-16(13-22(23)32(36)37)14-24-27(33)30-26(18-6-4-7-19(15-18)31(34)35)21-11-10-17-5-2-3-8-20(17)25(21)29-28(30)39-24/h2-9,12-15,26H,10-11H2,1H3/b24-14+/t26-/m1/s1. The number of methoxy groups -OCH3 is 1. The third-order valence-electron chi connectivity index (χ3n) is 6.97. The van der Waals surface area contributed by atoms with Crippen LogP contribution in [0.1, 0.15) is 34.7 Å². The highest BCUT2D eigenvalue weighted by molar-refractivity contribution is 7.07. The number of nitro benzene ring substituents is 2. The Balaban J connectivity index is 1.60. The van der Waals surface area contributed by atoms with Crippen LogP contribution in [0, 0.1) is 20.2 Å². The minimum Gasteiger partial charge on any atom is -0.490 e. The molecule has 0 unspecified atom stereocenters. The summed E-state index contributed by atoms with van der Waals surface area (Å²) >= 11 is 1.18.